The molecule has 0 saturated carbocycles. The molecule has 0 amide bonds. The summed E-state index contributed by atoms with van der Waals surface area (Å²) in [6.07, 6.45) is 3.45. The molecule has 0 fully saturated rings. The maximum atomic E-state index is 13.1. The Labute approximate surface area is 204 Å². The first-order chi connectivity index (χ1) is 16.2. The molecule has 0 aromatic heterocycles. The summed E-state index contributed by atoms with van der Waals surface area (Å²) in [4.78, 5) is 0.103. The first-order valence-corrected chi connectivity index (χ1v) is 12.1. The number of ether oxygens (including phenoxy) is 4. The second kappa shape index (κ2) is 10.7. The minimum Gasteiger partial charge on any atom is -0.504 e. The molecule has 7 nitrogen and oxygen atoms in total. The molecule has 34 heavy (non-hydrogen) atoms. The van der Waals surface area contributed by atoms with Gasteiger partial charge in [-0.25, -0.2) is 8.42 Å². The van der Waals surface area contributed by atoms with Gasteiger partial charge in [0.15, 0.2) is 32.8 Å². The van der Waals surface area contributed by atoms with Crippen LogP contribution < -0.4 is 18.9 Å². The van der Waals surface area contributed by atoms with Gasteiger partial charge in [-0.15, -0.1) is 0 Å². The Kier molecular flexibility index (Phi) is 7.96. The molecule has 3 aromatic rings. The molecule has 0 aliphatic heterocycles. The van der Waals surface area contributed by atoms with Gasteiger partial charge in [-0.1, -0.05) is 29.8 Å². The van der Waals surface area contributed by atoms with Gasteiger partial charge in [0.25, 0.3) is 0 Å². The fourth-order valence-electron chi connectivity index (χ4n) is 3.40. The van der Waals surface area contributed by atoms with E-state index in [2.05, 4.69) is 0 Å². The highest BCUT2D eigenvalue weighted by Gasteiger charge is 2.19. The lowest BCUT2D eigenvalue weighted by molar-refractivity contribution is 0.324. The van der Waals surface area contributed by atoms with E-state index in [9.17, 15) is 13.5 Å². The van der Waals surface area contributed by atoms with Crippen LogP contribution in [0.2, 0.25) is 5.02 Å². The average Bonchev–Trinajstić information content (AvgIpc) is 2.82. The van der Waals surface area contributed by atoms with Gasteiger partial charge < -0.3 is 24.1 Å². The maximum absolute atomic E-state index is 13.1. The molecule has 180 valence electrons. The van der Waals surface area contributed by atoms with Crippen LogP contribution in [0.1, 0.15) is 16.7 Å². The van der Waals surface area contributed by atoms with E-state index < -0.39 is 9.84 Å². The van der Waals surface area contributed by atoms with Crippen LogP contribution in [0.25, 0.3) is 12.2 Å². The molecule has 9 heteroatoms. The van der Waals surface area contributed by atoms with Gasteiger partial charge in [0.1, 0.15) is 0 Å². The topological polar surface area (TPSA) is 91.3 Å². The zero-order chi connectivity index (χ0) is 24.9. The number of phenolic OH excluding ortho intramolecular Hbond substituents is 1. The molecular formula is C25H25ClO7S. The molecule has 0 heterocycles. The third kappa shape index (κ3) is 5.58. The van der Waals surface area contributed by atoms with Gasteiger partial charge in [0, 0.05) is 5.02 Å². The summed E-state index contributed by atoms with van der Waals surface area (Å²) >= 11 is 5.98. The van der Waals surface area contributed by atoms with E-state index >= 15 is 0 Å². The lowest BCUT2D eigenvalue weighted by Gasteiger charge is -2.13. The Bertz CT molecular complexity index is 1290. The van der Waals surface area contributed by atoms with Gasteiger partial charge in [0.05, 0.1) is 39.1 Å². The predicted molar refractivity (Wildman–Crippen MR) is 132 cm³/mol. The van der Waals surface area contributed by atoms with Crippen molar-refractivity contribution in [2.24, 2.45) is 0 Å². The van der Waals surface area contributed by atoms with Crippen molar-refractivity contribution in [3.8, 4) is 28.7 Å². The minimum atomic E-state index is -3.72. The summed E-state index contributed by atoms with van der Waals surface area (Å²) < 4.78 is 47.4. The Morgan fingerprint density at radius 2 is 1.50 bits per heavy atom. The maximum Gasteiger partial charge on any atom is 0.203 e. The van der Waals surface area contributed by atoms with Crippen molar-refractivity contribution in [1.82, 2.24) is 0 Å². The largest absolute Gasteiger partial charge is 0.504 e. The smallest absolute Gasteiger partial charge is 0.203 e. The third-order valence-corrected chi connectivity index (χ3v) is 6.98. The molecule has 0 aliphatic carbocycles. The van der Waals surface area contributed by atoms with Crippen molar-refractivity contribution in [2.75, 3.05) is 28.4 Å². The Morgan fingerprint density at radius 3 is 2.06 bits per heavy atom. The Hall–Kier alpha value is -3.36. The van der Waals surface area contributed by atoms with Gasteiger partial charge in [-0.3, -0.25) is 0 Å². The SMILES string of the molecule is COc1cc(CS(=O)(=O)c2cccc(Cl)c2)c(/C=C\c2cc(OC)c(OC)c(OC)c2)cc1O. The summed E-state index contributed by atoms with van der Waals surface area (Å²) in [5.41, 5.74) is 1.66. The van der Waals surface area contributed by atoms with Crippen molar-refractivity contribution in [3.63, 3.8) is 0 Å². The number of sulfone groups is 1. The molecule has 1 N–H and O–H groups in total. The standard InChI is InChI=1S/C25H25ClO7S/c1-30-22-13-18(15-34(28,29)20-7-5-6-19(26)14-20)17(12-21(22)27)9-8-16-10-23(31-2)25(33-4)24(11-16)32-3/h5-14,27H,15H2,1-4H3/b9-8-. The second-order valence-electron chi connectivity index (χ2n) is 7.23. The van der Waals surface area contributed by atoms with Crippen LogP contribution in [0.3, 0.4) is 0 Å². The van der Waals surface area contributed by atoms with Crippen LogP contribution in [0, 0.1) is 0 Å². The van der Waals surface area contributed by atoms with Crippen LogP contribution in [-0.2, 0) is 15.6 Å². The number of benzene rings is 3. The van der Waals surface area contributed by atoms with Crippen molar-refractivity contribution in [3.05, 3.63) is 70.2 Å². The number of halogens is 1. The molecule has 3 aromatic carbocycles. The lowest BCUT2D eigenvalue weighted by Crippen LogP contribution is -2.06. The highest BCUT2D eigenvalue weighted by atomic mass is 35.5. The first kappa shape index (κ1) is 25.3. The van der Waals surface area contributed by atoms with Gasteiger partial charge in [-0.2, -0.15) is 0 Å². The summed E-state index contributed by atoms with van der Waals surface area (Å²) in [6.45, 7) is 0. The molecule has 0 spiro atoms. The zero-order valence-electron chi connectivity index (χ0n) is 19.2. The van der Waals surface area contributed by atoms with Crippen molar-refractivity contribution < 1.29 is 32.5 Å². The number of phenols is 1. The molecule has 0 atom stereocenters. The zero-order valence-corrected chi connectivity index (χ0v) is 20.7. The minimum absolute atomic E-state index is 0.103. The number of hydrogen-bond donors (Lipinski definition) is 1. The van der Waals surface area contributed by atoms with Gasteiger partial charge >= 0.3 is 0 Å². The molecule has 0 unspecified atom stereocenters. The van der Waals surface area contributed by atoms with E-state index in [4.69, 9.17) is 30.5 Å². The Morgan fingerprint density at radius 1 is 0.853 bits per heavy atom. The van der Waals surface area contributed by atoms with Crippen LogP contribution in [-0.4, -0.2) is 42.0 Å². The predicted octanol–water partition coefficient (Wildman–Crippen LogP) is 5.22. The van der Waals surface area contributed by atoms with Crippen LogP contribution >= 0.6 is 11.6 Å². The monoisotopic (exact) mass is 504 g/mol. The van der Waals surface area contributed by atoms with Crippen molar-refractivity contribution in [1.29, 1.82) is 0 Å². The normalized spacial score (nSPS) is 11.4. The number of aromatic hydroxyl groups is 1. The van der Waals surface area contributed by atoms with Crippen molar-refractivity contribution in [2.45, 2.75) is 10.6 Å². The fourth-order valence-corrected chi connectivity index (χ4v) is 5.08. The summed E-state index contributed by atoms with van der Waals surface area (Å²) in [6, 6.07) is 12.5. The first-order valence-electron chi connectivity index (χ1n) is 10.1. The number of methoxy groups -OCH3 is 4. The summed E-state index contributed by atoms with van der Waals surface area (Å²) in [7, 11) is 2.23. The fraction of sp³-hybridized carbons (Fsp3) is 0.200. The van der Waals surface area contributed by atoms with Crippen LogP contribution in [0.5, 0.6) is 28.7 Å². The second-order valence-corrected chi connectivity index (χ2v) is 9.66. The quantitative estimate of drug-likeness (QED) is 0.399. The third-order valence-electron chi connectivity index (χ3n) is 5.08. The van der Waals surface area contributed by atoms with E-state index in [0.29, 0.717) is 39.0 Å². The van der Waals surface area contributed by atoms with E-state index in [1.54, 1.807) is 36.4 Å². The van der Waals surface area contributed by atoms with Gasteiger partial charge in [-0.05, 0) is 59.2 Å². The average molecular weight is 505 g/mol. The van der Waals surface area contributed by atoms with Crippen LogP contribution in [0.4, 0.5) is 0 Å². The molecule has 0 saturated heterocycles. The van der Waals surface area contributed by atoms with Gasteiger partial charge in [0.2, 0.25) is 5.75 Å². The highest BCUT2D eigenvalue weighted by molar-refractivity contribution is 7.90. The van der Waals surface area contributed by atoms with Crippen LogP contribution in [0.15, 0.2) is 53.4 Å². The van der Waals surface area contributed by atoms with E-state index in [1.807, 2.05) is 0 Å². The Balaban J connectivity index is 2.06. The number of rotatable bonds is 9. The summed E-state index contributed by atoms with van der Waals surface area (Å²) in [5, 5.41) is 10.6. The molecule has 3 rings (SSSR count). The highest BCUT2D eigenvalue weighted by Crippen LogP contribution is 2.39. The molecular weight excluding hydrogens is 480 g/mol. The van der Waals surface area contributed by atoms with E-state index in [0.717, 1.165) is 0 Å². The molecule has 0 bridgehead atoms. The van der Waals surface area contributed by atoms with E-state index in [1.165, 1.54) is 52.7 Å². The summed E-state index contributed by atoms with van der Waals surface area (Å²) in [5.74, 6) is 1.14. The molecule has 0 radical (unpaired) electrons. The molecule has 0 aliphatic rings. The number of hydrogen-bond acceptors (Lipinski definition) is 7. The lowest BCUT2D eigenvalue weighted by atomic mass is 10.1. The van der Waals surface area contributed by atoms with E-state index in [-0.39, 0.29) is 22.1 Å². The van der Waals surface area contributed by atoms with Crippen molar-refractivity contribution >= 4 is 33.6 Å².